The molecule has 0 spiro atoms. The van der Waals surface area contributed by atoms with Crippen LogP contribution in [0.5, 0.6) is 11.5 Å². The first-order chi connectivity index (χ1) is 13.3. The van der Waals surface area contributed by atoms with E-state index < -0.39 is 0 Å². The second kappa shape index (κ2) is 6.70. The first-order valence-corrected chi connectivity index (χ1v) is 9.93. The lowest BCUT2D eigenvalue weighted by Gasteiger charge is -2.18. The molecule has 1 aliphatic heterocycles. The van der Waals surface area contributed by atoms with Gasteiger partial charge < -0.3 is 9.47 Å². The molecule has 2 heterocycles. The Morgan fingerprint density at radius 1 is 1.00 bits per heavy atom. The molecule has 5 rings (SSSR count). The van der Waals surface area contributed by atoms with Crippen LogP contribution in [0.25, 0.3) is 11.3 Å². The van der Waals surface area contributed by atoms with Crippen molar-refractivity contribution in [3.63, 3.8) is 0 Å². The smallest absolute Gasteiger partial charge is 0.257 e. The Balaban J connectivity index is 1.34. The van der Waals surface area contributed by atoms with Crippen molar-refractivity contribution in [2.24, 2.45) is 0 Å². The zero-order valence-corrected chi connectivity index (χ0v) is 15.5. The number of benzene rings is 2. The van der Waals surface area contributed by atoms with Gasteiger partial charge in [0.05, 0.1) is 5.69 Å². The molecule has 0 fully saturated rings. The summed E-state index contributed by atoms with van der Waals surface area (Å²) in [5.74, 6) is 1.37. The molecule has 0 unspecified atom stereocenters. The second-order valence-corrected chi connectivity index (χ2v) is 7.55. The molecule has 0 radical (unpaired) electrons. The van der Waals surface area contributed by atoms with Gasteiger partial charge in [0.25, 0.3) is 5.91 Å². The van der Waals surface area contributed by atoms with Crippen molar-refractivity contribution in [2.45, 2.75) is 19.3 Å². The number of amides is 1. The van der Waals surface area contributed by atoms with E-state index in [2.05, 4.69) is 16.4 Å². The third-order valence-corrected chi connectivity index (χ3v) is 5.68. The average Bonchev–Trinajstić information content (AvgIpc) is 3.36. The third-order valence-electron chi connectivity index (χ3n) is 4.92. The summed E-state index contributed by atoms with van der Waals surface area (Å²) in [6.45, 7) is 1.12. The van der Waals surface area contributed by atoms with Gasteiger partial charge in [-0.3, -0.25) is 10.1 Å². The van der Waals surface area contributed by atoms with E-state index >= 15 is 0 Å². The van der Waals surface area contributed by atoms with Gasteiger partial charge >= 0.3 is 0 Å². The number of nitrogens with one attached hydrogen (secondary N) is 1. The molecular weight excluding hydrogens is 360 g/mol. The molecule has 27 heavy (non-hydrogen) atoms. The van der Waals surface area contributed by atoms with Gasteiger partial charge in [0.2, 0.25) is 0 Å². The Hall–Kier alpha value is -2.86. The number of aryl methyl sites for hydroxylation is 2. The zero-order valence-electron chi connectivity index (χ0n) is 14.7. The molecule has 1 amide bonds. The number of hydrogen-bond donors (Lipinski definition) is 1. The van der Waals surface area contributed by atoms with Crippen molar-refractivity contribution in [1.29, 1.82) is 0 Å². The lowest BCUT2D eigenvalue weighted by molar-refractivity contribution is 0.102. The van der Waals surface area contributed by atoms with Crippen LogP contribution in [0, 0.1) is 0 Å². The highest BCUT2D eigenvalue weighted by molar-refractivity contribution is 7.14. The van der Waals surface area contributed by atoms with Gasteiger partial charge in [0.15, 0.2) is 16.6 Å². The quantitative estimate of drug-likeness (QED) is 0.737. The normalized spacial score (nSPS) is 14.7. The molecule has 0 bridgehead atoms. The lowest BCUT2D eigenvalue weighted by Crippen LogP contribution is -2.15. The number of carbonyl (C=O) groups is 1. The van der Waals surface area contributed by atoms with Crippen LogP contribution in [0.3, 0.4) is 0 Å². The van der Waals surface area contributed by atoms with E-state index in [1.165, 1.54) is 28.9 Å². The van der Waals surface area contributed by atoms with E-state index in [4.69, 9.17) is 9.47 Å². The number of nitrogens with zero attached hydrogens (tertiary/aromatic N) is 1. The standard InChI is InChI=1S/C21H18N2O3S/c24-20(16-5-4-13-2-1-3-14(13)10-16)23-21-22-17(12-27-21)15-6-7-18-19(11-15)26-9-8-25-18/h4-7,10-12H,1-3,8-9H2,(H,22,23,24). The van der Waals surface area contributed by atoms with Crippen LogP contribution in [0.4, 0.5) is 5.13 Å². The maximum atomic E-state index is 12.6. The minimum Gasteiger partial charge on any atom is -0.486 e. The highest BCUT2D eigenvalue weighted by Gasteiger charge is 2.16. The average molecular weight is 378 g/mol. The van der Waals surface area contributed by atoms with Crippen LogP contribution in [-0.4, -0.2) is 24.1 Å². The summed E-state index contributed by atoms with van der Waals surface area (Å²) in [5, 5.41) is 5.44. The Morgan fingerprint density at radius 2 is 1.85 bits per heavy atom. The van der Waals surface area contributed by atoms with Gasteiger partial charge in [-0.15, -0.1) is 11.3 Å². The van der Waals surface area contributed by atoms with E-state index in [-0.39, 0.29) is 5.91 Å². The minimum atomic E-state index is -0.118. The summed E-state index contributed by atoms with van der Waals surface area (Å²) >= 11 is 1.42. The number of fused-ring (bicyclic) bond motifs is 2. The van der Waals surface area contributed by atoms with Gasteiger partial charge in [-0.05, 0) is 60.7 Å². The van der Waals surface area contributed by atoms with Crippen LogP contribution in [0.15, 0.2) is 41.8 Å². The summed E-state index contributed by atoms with van der Waals surface area (Å²) in [5.41, 5.74) is 5.09. The Labute approximate surface area is 161 Å². The highest BCUT2D eigenvalue weighted by atomic mass is 32.1. The van der Waals surface area contributed by atoms with E-state index in [1.54, 1.807) is 0 Å². The van der Waals surface area contributed by atoms with Crippen LogP contribution in [-0.2, 0) is 12.8 Å². The van der Waals surface area contributed by atoms with Crippen molar-refractivity contribution in [3.8, 4) is 22.8 Å². The first kappa shape index (κ1) is 16.3. The molecule has 0 saturated carbocycles. The predicted octanol–water partition coefficient (Wildman–Crippen LogP) is 4.32. The fourth-order valence-corrected chi connectivity index (χ4v) is 4.26. The Bertz CT molecular complexity index is 1030. The predicted molar refractivity (Wildman–Crippen MR) is 105 cm³/mol. The van der Waals surface area contributed by atoms with Crippen LogP contribution in [0.2, 0.25) is 0 Å². The van der Waals surface area contributed by atoms with Crippen LogP contribution in [0.1, 0.15) is 27.9 Å². The minimum absolute atomic E-state index is 0.118. The van der Waals surface area contributed by atoms with Crippen LogP contribution >= 0.6 is 11.3 Å². The highest BCUT2D eigenvalue weighted by Crippen LogP contribution is 2.35. The van der Waals surface area contributed by atoms with Crippen molar-refractivity contribution in [2.75, 3.05) is 18.5 Å². The molecule has 3 aromatic rings. The zero-order chi connectivity index (χ0) is 18.2. The van der Waals surface area contributed by atoms with Gasteiger partial charge in [0, 0.05) is 16.5 Å². The molecule has 5 nitrogen and oxygen atoms in total. The fraction of sp³-hybridized carbons (Fsp3) is 0.238. The molecule has 0 saturated heterocycles. The van der Waals surface area contributed by atoms with Gasteiger partial charge in [0.1, 0.15) is 13.2 Å². The Kier molecular flexibility index (Phi) is 4.05. The monoisotopic (exact) mass is 378 g/mol. The SMILES string of the molecule is O=C(Nc1nc(-c2ccc3c(c2)OCCO3)cs1)c1ccc2c(c1)CCC2. The van der Waals surface area contributed by atoms with Gasteiger partial charge in [-0.25, -0.2) is 4.98 Å². The number of aromatic nitrogens is 1. The number of anilines is 1. The molecule has 1 N–H and O–H groups in total. The fourth-order valence-electron chi connectivity index (χ4n) is 3.55. The molecule has 6 heteroatoms. The van der Waals surface area contributed by atoms with E-state index in [0.717, 1.165) is 35.6 Å². The van der Waals surface area contributed by atoms with Crippen molar-refractivity contribution < 1.29 is 14.3 Å². The first-order valence-electron chi connectivity index (χ1n) is 9.05. The van der Waals surface area contributed by atoms with E-state index in [1.807, 2.05) is 35.7 Å². The summed E-state index contributed by atoms with van der Waals surface area (Å²) in [6.07, 6.45) is 3.34. The molecule has 0 atom stereocenters. The molecule has 2 aliphatic rings. The number of carbonyl (C=O) groups excluding carboxylic acids is 1. The van der Waals surface area contributed by atoms with Crippen LogP contribution < -0.4 is 14.8 Å². The van der Waals surface area contributed by atoms with Crippen molar-refractivity contribution in [3.05, 3.63) is 58.5 Å². The summed E-state index contributed by atoms with van der Waals surface area (Å²) in [4.78, 5) is 17.1. The largest absolute Gasteiger partial charge is 0.486 e. The maximum Gasteiger partial charge on any atom is 0.257 e. The summed E-state index contributed by atoms with van der Waals surface area (Å²) < 4.78 is 11.2. The van der Waals surface area contributed by atoms with Crippen molar-refractivity contribution >= 4 is 22.4 Å². The maximum absolute atomic E-state index is 12.6. The molecule has 1 aromatic heterocycles. The number of hydrogen-bond acceptors (Lipinski definition) is 5. The second-order valence-electron chi connectivity index (χ2n) is 6.69. The molecule has 1 aliphatic carbocycles. The van der Waals surface area contributed by atoms with E-state index in [0.29, 0.717) is 23.9 Å². The van der Waals surface area contributed by atoms with E-state index in [9.17, 15) is 4.79 Å². The molecular formula is C21H18N2O3S. The molecule has 2 aromatic carbocycles. The summed E-state index contributed by atoms with van der Waals surface area (Å²) in [6, 6.07) is 11.7. The van der Waals surface area contributed by atoms with Crippen molar-refractivity contribution in [1.82, 2.24) is 4.98 Å². The Morgan fingerprint density at radius 3 is 2.78 bits per heavy atom. The third kappa shape index (κ3) is 3.17. The lowest BCUT2D eigenvalue weighted by atomic mass is 10.1. The number of thiazole rings is 1. The number of rotatable bonds is 3. The van der Waals surface area contributed by atoms with Gasteiger partial charge in [-0.2, -0.15) is 0 Å². The molecule has 136 valence electrons. The van der Waals surface area contributed by atoms with Gasteiger partial charge in [-0.1, -0.05) is 6.07 Å². The number of ether oxygens (including phenoxy) is 2. The topological polar surface area (TPSA) is 60.5 Å². The summed E-state index contributed by atoms with van der Waals surface area (Å²) in [7, 11) is 0.